The van der Waals surface area contributed by atoms with Crippen molar-refractivity contribution in [3.05, 3.63) is 72.2 Å². The molecule has 0 spiro atoms. The molecule has 1 fully saturated rings. The fourth-order valence-electron chi connectivity index (χ4n) is 3.74. The number of nitrogens with zero attached hydrogens (tertiary/aromatic N) is 3. The van der Waals surface area contributed by atoms with Crippen LogP contribution in [0.2, 0.25) is 0 Å². The average molecular weight is 375 g/mol. The molecule has 6 nitrogen and oxygen atoms in total. The molecular weight excluding hydrogens is 350 g/mol. The van der Waals surface area contributed by atoms with Crippen molar-refractivity contribution in [2.75, 3.05) is 19.6 Å². The summed E-state index contributed by atoms with van der Waals surface area (Å²) < 4.78 is 0. The van der Waals surface area contributed by atoms with Crippen LogP contribution in [0.3, 0.4) is 0 Å². The first kappa shape index (κ1) is 18.4. The molecule has 1 aliphatic heterocycles. The minimum absolute atomic E-state index is 0.134. The topological polar surface area (TPSA) is 73.9 Å². The normalized spacial score (nSPS) is 15.9. The van der Waals surface area contributed by atoms with Crippen molar-refractivity contribution >= 4 is 5.91 Å². The molecule has 0 saturated carbocycles. The monoisotopic (exact) mass is 375 g/mol. The molecular formula is C22H25N5O. The van der Waals surface area contributed by atoms with Crippen molar-refractivity contribution < 1.29 is 4.79 Å². The maximum atomic E-state index is 12.7. The van der Waals surface area contributed by atoms with Crippen molar-refractivity contribution in [1.82, 2.24) is 25.4 Å². The number of H-pyrrole nitrogens is 1. The van der Waals surface area contributed by atoms with Crippen LogP contribution in [0, 0.1) is 0 Å². The van der Waals surface area contributed by atoms with Crippen molar-refractivity contribution in [2.45, 2.75) is 25.3 Å². The van der Waals surface area contributed by atoms with Crippen molar-refractivity contribution in [2.24, 2.45) is 0 Å². The van der Waals surface area contributed by atoms with Crippen LogP contribution >= 0.6 is 0 Å². The molecule has 144 valence electrons. The van der Waals surface area contributed by atoms with Crippen molar-refractivity contribution in [3.63, 3.8) is 0 Å². The predicted molar refractivity (Wildman–Crippen MR) is 109 cm³/mol. The number of amides is 1. The number of benzene rings is 1. The third-order valence-electron chi connectivity index (χ3n) is 5.25. The smallest absolute Gasteiger partial charge is 0.269 e. The summed E-state index contributed by atoms with van der Waals surface area (Å²) in [5.41, 5.74) is 3.37. The lowest BCUT2D eigenvalue weighted by Gasteiger charge is -2.34. The fraction of sp³-hybridized carbons (Fsp3) is 0.318. The maximum Gasteiger partial charge on any atom is 0.269 e. The lowest BCUT2D eigenvalue weighted by atomic mass is 10.0. The molecule has 1 aromatic carbocycles. The van der Waals surface area contributed by atoms with Gasteiger partial charge in [-0.05, 0) is 43.6 Å². The second kappa shape index (κ2) is 8.80. The van der Waals surface area contributed by atoms with Gasteiger partial charge in [-0.1, -0.05) is 42.8 Å². The SMILES string of the molecule is O=C(NCC(c1cccnc1)N1CCCCC1)c1cc(-c2ccccc2)n[nH]1. The van der Waals surface area contributed by atoms with E-state index in [4.69, 9.17) is 0 Å². The van der Waals surface area contributed by atoms with E-state index in [0.29, 0.717) is 12.2 Å². The van der Waals surface area contributed by atoms with E-state index >= 15 is 0 Å². The lowest BCUT2D eigenvalue weighted by Crippen LogP contribution is -2.40. The highest BCUT2D eigenvalue weighted by Gasteiger charge is 2.23. The number of piperidine rings is 1. The molecule has 0 radical (unpaired) electrons. The van der Waals surface area contributed by atoms with Gasteiger partial charge in [-0.25, -0.2) is 0 Å². The third-order valence-corrected chi connectivity index (χ3v) is 5.25. The van der Waals surface area contributed by atoms with Crippen molar-refractivity contribution in [3.8, 4) is 11.3 Å². The highest BCUT2D eigenvalue weighted by molar-refractivity contribution is 5.93. The zero-order valence-corrected chi connectivity index (χ0v) is 15.8. The van der Waals surface area contributed by atoms with E-state index in [9.17, 15) is 4.79 Å². The van der Waals surface area contributed by atoms with Gasteiger partial charge in [0.1, 0.15) is 5.69 Å². The number of hydrogen-bond donors (Lipinski definition) is 2. The molecule has 1 unspecified atom stereocenters. The van der Waals surface area contributed by atoms with Gasteiger partial charge in [0.15, 0.2) is 0 Å². The summed E-state index contributed by atoms with van der Waals surface area (Å²) in [6.07, 6.45) is 7.36. The summed E-state index contributed by atoms with van der Waals surface area (Å²) in [5.74, 6) is -0.138. The summed E-state index contributed by atoms with van der Waals surface area (Å²) in [4.78, 5) is 19.4. The number of carbonyl (C=O) groups is 1. The molecule has 1 amide bonds. The molecule has 2 aromatic heterocycles. The summed E-state index contributed by atoms with van der Waals surface area (Å²) in [6.45, 7) is 2.65. The van der Waals surface area contributed by atoms with E-state index in [-0.39, 0.29) is 11.9 Å². The van der Waals surface area contributed by atoms with Gasteiger partial charge < -0.3 is 5.32 Å². The van der Waals surface area contributed by atoms with Crippen LogP contribution in [0.15, 0.2) is 60.9 Å². The summed E-state index contributed by atoms with van der Waals surface area (Å²) >= 11 is 0. The Morgan fingerprint density at radius 2 is 1.93 bits per heavy atom. The number of nitrogens with one attached hydrogen (secondary N) is 2. The Kier molecular flexibility index (Phi) is 5.77. The predicted octanol–water partition coefficient (Wildman–Crippen LogP) is 3.43. The highest BCUT2D eigenvalue weighted by atomic mass is 16.1. The van der Waals surface area contributed by atoms with Gasteiger partial charge in [-0.3, -0.25) is 19.8 Å². The Labute approximate surface area is 165 Å². The molecule has 28 heavy (non-hydrogen) atoms. The Balaban J connectivity index is 1.45. The maximum absolute atomic E-state index is 12.7. The van der Waals surface area contributed by atoms with Gasteiger partial charge in [0, 0.05) is 24.5 Å². The van der Waals surface area contributed by atoms with E-state index in [1.165, 1.54) is 19.3 Å². The van der Waals surface area contributed by atoms with E-state index in [1.54, 1.807) is 12.3 Å². The van der Waals surface area contributed by atoms with Crippen molar-refractivity contribution in [1.29, 1.82) is 0 Å². The zero-order valence-electron chi connectivity index (χ0n) is 15.8. The minimum atomic E-state index is -0.138. The van der Waals surface area contributed by atoms with Crippen LogP contribution in [0.4, 0.5) is 0 Å². The molecule has 6 heteroatoms. The first-order valence-electron chi connectivity index (χ1n) is 9.84. The minimum Gasteiger partial charge on any atom is -0.349 e. The summed E-state index contributed by atoms with van der Waals surface area (Å²) in [7, 11) is 0. The van der Waals surface area contributed by atoms with Crippen LogP contribution in [0.5, 0.6) is 0 Å². The first-order chi connectivity index (χ1) is 13.8. The first-order valence-corrected chi connectivity index (χ1v) is 9.84. The number of aromatic amines is 1. The number of aromatic nitrogens is 3. The number of hydrogen-bond acceptors (Lipinski definition) is 4. The molecule has 3 heterocycles. The Bertz CT molecular complexity index is 888. The fourth-order valence-corrected chi connectivity index (χ4v) is 3.74. The van der Waals surface area contributed by atoms with E-state index < -0.39 is 0 Å². The van der Waals surface area contributed by atoms with Crippen LogP contribution in [0.1, 0.15) is 41.4 Å². The van der Waals surface area contributed by atoms with E-state index in [0.717, 1.165) is 29.9 Å². The van der Waals surface area contributed by atoms with Gasteiger partial charge in [-0.15, -0.1) is 0 Å². The molecule has 3 aromatic rings. The quantitative estimate of drug-likeness (QED) is 0.692. The largest absolute Gasteiger partial charge is 0.349 e. The average Bonchev–Trinajstić information content (AvgIpc) is 3.26. The highest BCUT2D eigenvalue weighted by Crippen LogP contribution is 2.24. The summed E-state index contributed by atoms with van der Waals surface area (Å²) in [5, 5.41) is 10.2. The Morgan fingerprint density at radius 1 is 1.11 bits per heavy atom. The lowest BCUT2D eigenvalue weighted by molar-refractivity contribution is 0.0919. The number of rotatable bonds is 6. The standard InChI is InChI=1S/C22H25N5O/c28-22(20-14-19(25-26-20)17-8-3-1-4-9-17)24-16-21(18-10-7-11-23-15-18)27-12-5-2-6-13-27/h1,3-4,7-11,14-15,21H,2,5-6,12-13,16H2,(H,24,28)(H,25,26). The van der Waals surface area contributed by atoms with Gasteiger partial charge in [0.2, 0.25) is 0 Å². The second-order valence-corrected chi connectivity index (χ2v) is 7.14. The Morgan fingerprint density at radius 3 is 2.68 bits per heavy atom. The molecule has 1 saturated heterocycles. The van der Waals surface area contributed by atoms with Gasteiger partial charge in [0.05, 0.1) is 11.7 Å². The van der Waals surface area contributed by atoms with Crippen LogP contribution in [-0.2, 0) is 0 Å². The Hall–Kier alpha value is -2.99. The van der Waals surface area contributed by atoms with Gasteiger partial charge in [0.25, 0.3) is 5.91 Å². The summed E-state index contributed by atoms with van der Waals surface area (Å²) in [6, 6.07) is 15.8. The molecule has 1 atom stereocenters. The third kappa shape index (κ3) is 4.28. The number of likely N-dealkylation sites (tertiary alicyclic amines) is 1. The number of pyridine rings is 1. The van der Waals surface area contributed by atoms with Crippen LogP contribution in [-0.4, -0.2) is 45.6 Å². The molecule has 1 aliphatic rings. The number of carbonyl (C=O) groups excluding carboxylic acids is 1. The molecule has 0 bridgehead atoms. The van der Waals surface area contributed by atoms with Gasteiger partial charge in [-0.2, -0.15) is 5.10 Å². The molecule has 2 N–H and O–H groups in total. The second-order valence-electron chi connectivity index (χ2n) is 7.14. The van der Waals surface area contributed by atoms with Crippen LogP contribution < -0.4 is 5.32 Å². The van der Waals surface area contributed by atoms with E-state index in [2.05, 4.69) is 31.5 Å². The van der Waals surface area contributed by atoms with E-state index in [1.807, 2.05) is 42.6 Å². The van der Waals surface area contributed by atoms with Gasteiger partial charge >= 0.3 is 0 Å². The zero-order chi connectivity index (χ0) is 19.2. The molecule has 0 aliphatic carbocycles. The molecule has 4 rings (SSSR count). The van der Waals surface area contributed by atoms with Crippen LogP contribution in [0.25, 0.3) is 11.3 Å².